The summed E-state index contributed by atoms with van der Waals surface area (Å²) in [5.74, 6) is 0.0255. The van der Waals surface area contributed by atoms with Gasteiger partial charge in [0.25, 0.3) is 0 Å². The lowest BCUT2D eigenvalue weighted by atomic mass is 9.82. The Kier molecular flexibility index (Phi) is 3.12. The second kappa shape index (κ2) is 3.92. The zero-order valence-corrected chi connectivity index (χ0v) is 7.92. The molecular formula is C10H18O2. The van der Waals surface area contributed by atoms with E-state index in [0.717, 1.165) is 12.8 Å². The van der Waals surface area contributed by atoms with Crippen LogP contribution in [0.25, 0.3) is 0 Å². The molecule has 0 aromatic rings. The molecule has 0 aliphatic heterocycles. The highest BCUT2D eigenvalue weighted by Gasteiger charge is 2.32. The largest absolute Gasteiger partial charge is 0.481 e. The van der Waals surface area contributed by atoms with Gasteiger partial charge in [-0.25, -0.2) is 0 Å². The van der Waals surface area contributed by atoms with Crippen LogP contribution in [0, 0.1) is 17.8 Å². The number of hydrogen-bond acceptors (Lipinski definition) is 1. The molecule has 1 aliphatic carbocycles. The van der Waals surface area contributed by atoms with Crippen molar-refractivity contribution in [3.63, 3.8) is 0 Å². The van der Waals surface area contributed by atoms with Crippen molar-refractivity contribution < 1.29 is 9.90 Å². The molecule has 0 radical (unpaired) electrons. The molecule has 1 aliphatic rings. The van der Waals surface area contributed by atoms with Crippen LogP contribution in [-0.2, 0) is 4.79 Å². The van der Waals surface area contributed by atoms with E-state index in [-0.39, 0.29) is 11.8 Å². The van der Waals surface area contributed by atoms with Gasteiger partial charge >= 0.3 is 5.97 Å². The van der Waals surface area contributed by atoms with Gasteiger partial charge in [-0.3, -0.25) is 4.79 Å². The summed E-state index contributed by atoms with van der Waals surface area (Å²) in [4.78, 5) is 10.9. The molecule has 1 N–H and O–H groups in total. The molecule has 0 heterocycles. The van der Waals surface area contributed by atoms with Crippen LogP contribution < -0.4 is 0 Å². The number of aliphatic carboxylic acids is 1. The number of rotatable bonds is 3. The van der Waals surface area contributed by atoms with E-state index in [1.54, 1.807) is 0 Å². The van der Waals surface area contributed by atoms with Gasteiger partial charge in [-0.05, 0) is 24.7 Å². The molecule has 0 saturated heterocycles. The Labute approximate surface area is 74.0 Å². The van der Waals surface area contributed by atoms with E-state index >= 15 is 0 Å². The maximum atomic E-state index is 10.9. The average Bonchev–Trinajstić information content (AvgIpc) is 2.37. The van der Waals surface area contributed by atoms with Gasteiger partial charge in [0.2, 0.25) is 0 Å². The first-order chi connectivity index (χ1) is 5.63. The van der Waals surface area contributed by atoms with E-state index in [2.05, 4.69) is 0 Å². The van der Waals surface area contributed by atoms with Crippen molar-refractivity contribution in [1.82, 2.24) is 0 Å². The molecule has 12 heavy (non-hydrogen) atoms. The van der Waals surface area contributed by atoms with E-state index in [0.29, 0.717) is 5.92 Å². The van der Waals surface area contributed by atoms with Gasteiger partial charge in [0.05, 0.1) is 5.92 Å². The van der Waals surface area contributed by atoms with Gasteiger partial charge < -0.3 is 5.11 Å². The van der Waals surface area contributed by atoms with Gasteiger partial charge in [-0.15, -0.1) is 0 Å². The SMILES string of the molecule is CC(C)C(C(=O)O)C1CCCC1. The Morgan fingerprint density at radius 1 is 1.33 bits per heavy atom. The Morgan fingerprint density at radius 3 is 2.17 bits per heavy atom. The van der Waals surface area contributed by atoms with Crippen molar-refractivity contribution in [2.24, 2.45) is 17.8 Å². The number of carboxylic acids is 1. The monoisotopic (exact) mass is 170 g/mol. The topological polar surface area (TPSA) is 37.3 Å². The van der Waals surface area contributed by atoms with Gasteiger partial charge in [-0.1, -0.05) is 26.7 Å². The van der Waals surface area contributed by atoms with Crippen molar-refractivity contribution in [3.05, 3.63) is 0 Å². The summed E-state index contributed by atoms with van der Waals surface area (Å²) in [5, 5.41) is 9.00. The highest BCUT2D eigenvalue weighted by Crippen LogP contribution is 2.35. The quantitative estimate of drug-likeness (QED) is 0.706. The third kappa shape index (κ3) is 1.99. The number of carboxylic acid groups (broad SMARTS) is 1. The Bertz CT molecular complexity index is 157. The maximum Gasteiger partial charge on any atom is 0.307 e. The zero-order chi connectivity index (χ0) is 9.14. The highest BCUT2D eigenvalue weighted by atomic mass is 16.4. The van der Waals surface area contributed by atoms with Gasteiger partial charge in [0.15, 0.2) is 0 Å². The molecule has 0 aromatic heterocycles. The summed E-state index contributed by atoms with van der Waals surface area (Å²) in [6.45, 7) is 4.02. The molecule has 1 atom stereocenters. The van der Waals surface area contributed by atoms with E-state index in [1.165, 1.54) is 12.8 Å². The number of hydrogen-bond donors (Lipinski definition) is 1. The minimum absolute atomic E-state index is 0.104. The Hall–Kier alpha value is -0.530. The van der Waals surface area contributed by atoms with Crippen LogP contribution in [0.5, 0.6) is 0 Å². The minimum atomic E-state index is -0.600. The molecule has 70 valence electrons. The first-order valence-corrected chi connectivity index (χ1v) is 4.85. The zero-order valence-electron chi connectivity index (χ0n) is 7.92. The van der Waals surface area contributed by atoms with Gasteiger partial charge in [-0.2, -0.15) is 0 Å². The van der Waals surface area contributed by atoms with Crippen LogP contribution in [0.2, 0.25) is 0 Å². The molecule has 0 amide bonds. The maximum absolute atomic E-state index is 10.9. The van der Waals surface area contributed by atoms with Crippen molar-refractivity contribution in [2.45, 2.75) is 39.5 Å². The third-order valence-electron chi connectivity index (χ3n) is 2.91. The Balaban J connectivity index is 2.58. The molecular weight excluding hydrogens is 152 g/mol. The lowest BCUT2D eigenvalue weighted by Gasteiger charge is -2.22. The molecule has 0 bridgehead atoms. The summed E-state index contributed by atoms with van der Waals surface area (Å²) < 4.78 is 0. The van der Waals surface area contributed by atoms with E-state index in [4.69, 9.17) is 5.11 Å². The minimum Gasteiger partial charge on any atom is -0.481 e. The van der Waals surface area contributed by atoms with Crippen LogP contribution in [0.15, 0.2) is 0 Å². The smallest absolute Gasteiger partial charge is 0.307 e. The molecule has 0 aromatic carbocycles. The normalized spacial score (nSPS) is 21.6. The van der Waals surface area contributed by atoms with Crippen molar-refractivity contribution >= 4 is 5.97 Å². The van der Waals surface area contributed by atoms with Crippen LogP contribution in [-0.4, -0.2) is 11.1 Å². The summed E-state index contributed by atoms with van der Waals surface area (Å²) in [6, 6.07) is 0. The molecule has 1 fully saturated rings. The second-order valence-electron chi connectivity index (χ2n) is 4.15. The molecule has 2 heteroatoms. The molecule has 1 unspecified atom stereocenters. The summed E-state index contributed by atoms with van der Waals surface area (Å²) >= 11 is 0. The van der Waals surface area contributed by atoms with Crippen molar-refractivity contribution in [2.75, 3.05) is 0 Å². The summed E-state index contributed by atoms with van der Waals surface area (Å²) in [5.41, 5.74) is 0. The van der Waals surface area contributed by atoms with E-state index < -0.39 is 5.97 Å². The molecule has 2 nitrogen and oxygen atoms in total. The number of carbonyl (C=O) groups is 1. The second-order valence-corrected chi connectivity index (χ2v) is 4.15. The van der Waals surface area contributed by atoms with Crippen LogP contribution in [0.1, 0.15) is 39.5 Å². The lowest BCUT2D eigenvalue weighted by molar-refractivity contribution is -0.145. The van der Waals surface area contributed by atoms with Crippen molar-refractivity contribution in [1.29, 1.82) is 0 Å². The lowest BCUT2D eigenvalue weighted by Crippen LogP contribution is -2.26. The first-order valence-electron chi connectivity index (χ1n) is 4.85. The fourth-order valence-electron chi connectivity index (χ4n) is 2.35. The summed E-state index contributed by atoms with van der Waals surface area (Å²) in [7, 11) is 0. The van der Waals surface area contributed by atoms with Crippen LogP contribution in [0.3, 0.4) is 0 Å². The predicted octanol–water partition coefficient (Wildman–Crippen LogP) is 2.53. The van der Waals surface area contributed by atoms with Gasteiger partial charge in [0, 0.05) is 0 Å². The summed E-state index contributed by atoms with van der Waals surface area (Å²) in [6.07, 6.45) is 4.69. The first kappa shape index (κ1) is 9.56. The predicted molar refractivity (Wildman–Crippen MR) is 47.9 cm³/mol. The fraction of sp³-hybridized carbons (Fsp3) is 0.900. The average molecular weight is 170 g/mol. The Morgan fingerprint density at radius 2 is 1.83 bits per heavy atom. The van der Waals surface area contributed by atoms with E-state index in [1.807, 2.05) is 13.8 Å². The van der Waals surface area contributed by atoms with Crippen molar-refractivity contribution in [3.8, 4) is 0 Å². The highest BCUT2D eigenvalue weighted by molar-refractivity contribution is 5.70. The standard InChI is InChI=1S/C10H18O2/c1-7(2)9(10(11)12)8-5-3-4-6-8/h7-9H,3-6H2,1-2H3,(H,11,12). The molecule has 1 rings (SSSR count). The van der Waals surface area contributed by atoms with Gasteiger partial charge in [0.1, 0.15) is 0 Å². The van der Waals surface area contributed by atoms with Crippen LogP contribution >= 0.6 is 0 Å². The van der Waals surface area contributed by atoms with Crippen LogP contribution in [0.4, 0.5) is 0 Å². The van der Waals surface area contributed by atoms with E-state index in [9.17, 15) is 4.79 Å². The third-order valence-corrected chi connectivity index (χ3v) is 2.91. The molecule has 1 saturated carbocycles. The fourth-order valence-corrected chi connectivity index (χ4v) is 2.35. The molecule has 0 spiro atoms.